The molecule has 0 aliphatic heterocycles. The number of amides is 1. The Bertz CT molecular complexity index is 1160. The number of hydrogen-bond acceptors (Lipinski definition) is 5. The van der Waals surface area contributed by atoms with Crippen LogP contribution in [-0.2, 0) is 6.54 Å². The van der Waals surface area contributed by atoms with Gasteiger partial charge in [0, 0.05) is 18.2 Å². The van der Waals surface area contributed by atoms with Gasteiger partial charge in [-0.05, 0) is 12.5 Å². The number of aryl methyl sites for hydroxylation is 1. The van der Waals surface area contributed by atoms with Crippen molar-refractivity contribution in [3.05, 3.63) is 87.8 Å². The molecule has 4 rings (SSSR count). The normalized spacial score (nSPS) is 10.9. The van der Waals surface area contributed by atoms with Gasteiger partial charge in [-0.25, -0.2) is 0 Å². The standard InChI is InChI=1S/C20H16N4O2S/c1-13-7-9-14(10-8-13)12-21-18(26)16-11-17(25)22-20-24(16)23-19(27-20)15-5-3-2-4-6-15/h2-11H,12H2,1H3,(H,21,26). The van der Waals surface area contributed by atoms with Crippen LogP contribution in [0.25, 0.3) is 15.5 Å². The Morgan fingerprint density at radius 1 is 1.11 bits per heavy atom. The number of nitrogens with zero attached hydrogens (tertiary/aromatic N) is 3. The third-order valence-electron chi connectivity index (χ3n) is 4.08. The number of aromatic nitrogens is 3. The fourth-order valence-corrected chi connectivity index (χ4v) is 3.56. The number of nitrogens with one attached hydrogen (secondary N) is 1. The van der Waals surface area contributed by atoms with Gasteiger partial charge in [0.05, 0.1) is 0 Å². The largest absolute Gasteiger partial charge is 0.347 e. The Balaban J connectivity index is 1.66. The molecule has 0 spiro atoms. The summed E-state index contributed by atoms with van der Waals surface area (Å²) >= 11 is 1.27. The van der Waals surface area contributed by atoms with E-state index in [1.165, 1.54) is 21.9 Å². The highest BCUT2D eigenvalue weighted by Gasteiger charge is 2.16. The zero-order chi connectivity index (χ0) is 18.8. The van der Waals surface area contributed by atoms with Gasteiger partial charge in [-0.15, -0.1) is 0 Å². The van der Waals surface area contributed by atoms with E-state index in [-0.39, 0.29) is 11.6 Å². The average molecular weight is 376 g/mol. The van der Waals surface area contributed by atoms with Crippen LogP contribution in [0.5, 0.6) is 0 Å². The molecule has 0 fully saturated rings. The lowest BCUT2D eigenvalue weighted by atomic mass is 10.1. The van der Waals surface area contributed by atoms with E-state index in [1.807, 2.05) is 61.5 Å². The topological polar surface area (TPSA) is 76.4 Å². The molecule has 0 aliphatic carbocycles. The molecule has 0 aliphatic rings. The van der Waals surface area contributed by atoms with Crippen LogP contribution >= 0.6 is 11.3 Å². The van der Waals surface area contributed by atoms with Crippen molar-refractivity contribution < 1.29 is 4.79 Å². The third-order valence-corrected chi connectivity index (χ3v) is 5.04. The van der Waals surface area contributed by atoms with E-state index in [0.29, 0.717) is 16.5 Å². The van der Waals surface area contributed by atoms with Crippen molar-refractivity contribution in [1.29, 1.82) is 0 Å². The Hall–Kier alpha value is -3.32. The van der Waals surface area contributed by atoms with Crippen molar-refractivity contribution in [3.8, 4) is 10.6 Å². The van der Waals surface area contributed by atoms with Gasteiger partial charge in [-0.2, -0.15) is 14.6 Å². The van der Waals surface area contributed by atoms with E-state index >= 15 is 0 Å². The van der Waals surface area contributed by atoms with Crippen molar-refractivity contribution in [3.63, 3.8) is 0 Å². The van der Waals surface area contributed by atoms with Crippen molar-refractivity contribution in [1.82, 2.24) is 19.9 Å². The maximum atomic E-state index is 12.7. The number of hydrogen-bond donors (Lipinski definition) is 1. The summed E-state index contributed by atoms with van der Waals surface area (Å²) in [6.45, 7) is 2.38. The molecular formula is C20H16N4O2S. The Morgan fingerprint density at radius 2 is 1.85 bits per heavy atom. The number of fused-ring (bicyclic) bond motifs is 1. The molecule has 2 aromatic carbocycles. The second-order valence-electron chi connectivity index (χ2n) is 6.12. The van der Waals surface area contributed by atoms with Gasteiger partial charge in [0.2, 0.25) is 4.96 Å². The van der Waals surface area contributed by atoms with E-state index in [9.17, 15) is 9.59 Å². The first-order valence-corrected chi connectivity index (χ1v) is 9.22. The quantitative estimate of drug-likeness (QED) is 0.594. The van der Waals surface area contributed by atoms with Crippen LogP contribution < -0.4 is 10.9 Å². The minimum absolute atomic E-state index is 0.176. The van der Waals surface area contributed by atoms with E-state index in [4.69, 9.17) is 0 Å². The zero-order valence-corrected chi connectivity index (χ0v) is 15.4. The van der Waals surface area contributed by atoms with E-state index in [2.05, 4.69) is 15.4 Å². The molecule has 0 saturated carbocycles. The Labute approximate surface area is 159 Å². The predicted molar refractivity (Wildman–Crippen MR) is 105 cm³/mol. The molecule has 27 heavy (non-hydrogen) atoms. The summed E-state index contributed by atoms with van der Waals surface area (Å²) in [5.41, 5.74) is 2.76. The first-order valence-electron chi connectivity index (χ1n) is 8.40. The monoisotopic (exact) mass is 376 g/mol. The van der Waals surface area contributed by atoms with Gasteiger partial charge in [-0.1, -0.05) is 71.5 Å². The molecule has 0 unspecified atom stereocenters. The summed E-state index contributed by atoms with van der Waals surface area (Å²) in [6, 6.07) is 18.7. The van der Waals surface area contributed by atoms with Gasteiger partial charge >= 0.3 is 0 Å². The molecule has 6 nitrogen and oxygen atoms in total. The van der Waals surface area contributed by atoms with Crippen molar-refractivity contribution in [2.45, 2.75) is 13.5 Å². The Kier molecular flexibility index (Phi) is 4.52. The van der Waals surface area contributed by atoms with E-state index < -0.39 is 5.56 Å². The fourth-order valence-electron chi connectivity index (χ4n) is 2.65. The minimum Gasteiger partial charge on any atom is -0.347 e. The summed E-state index contributed by atoms with van der Waals surface area (Å²) in [7, 11) is 0. The molecule has 4 aromatic rings. The summed E-state index contributed by atoms with van der Waals surface area (Å²) in [5.74, 6) is -0.366. The smallest absolute Gasteiger partial charge is 0.274 e. The molecule has 0 atom stereocenters. The molecule has 0 radical (unpaired) electrons. The number of carbonyl (C=O) groups excluding carboxylic acids is 1. The van der Waals surface area contributed by atoms with Crippen LogP contribution in [0.3, 0.4) is 0 Å². The molecule has 1 N–H and O–H groups in total. The second kappa shape index (κ2) is 7.13. The van der Waals surface area contributed by atoms with Crippen molar-refractivity contribution in [2.75, 3.05) is 0 Å². The maximum absolute atomic E-state index is 12.7. The summed E-state index contributed by atoms with van der Waals surface area (Å²) in [4.78, 5) is 29.0. The lowest BCUT2D eigenvalue weighted by Gasteiger charge is -2.06. The average Bonchev–Trinajstić information content (AvgIpc) is 3.11. The molecule has 2 aromatic heterocycles. The summed E-state index contributed by atoms with van der Waals surface area (Å²) in [5, 5.41) is 8.02. The minimum atomic E-state index is -0.459. The van der Waals surface area contributed by atoms with Gasteiger partial charge in [-0.3, -0.25) is 9.59 Å². The van der Waals surface area contributed by atoms with Crippen LogP contribution in [0.15, 0.2) is 65.5 Å². The van der Waals surface area contributed by atoms with E-state index in [1.54, 1.807) is 0 Å². The molecule has 2 heterocycles. The van der Waals surface area contributed by atoms with Crippen LogP contribution in [-0.4, -0.2) is 20.5 Å². The first kappa shape index (κ1) is 17.1. The highest BCUT2D eigenvalue weighted by atomic mass is 32.1. The van der Waals surface area contributed by atoms with Gasteiger partial charge in [0.1, 0.15) is 10.7 Å². The van der Waals surface area contributed by atoms with E-state index in [0.717, 1.165) is 16.7 Å². The molecule has 7 heteroatoms. The van der Waals surface area contributed by atoms with Crippen molar-refractivity contribution >= 4 is 22.2 Å². The molecule has 0 bridgehead atoms. The SMILES string of the molecule is Cc1ccc(CNC(=O)c2cc(=O)nc3sc(-c4ccccc4)nn23)cc1. The molecular weight excluding hydrogens is 360 g/mol. The van der Waals surface area contributed by atoms with Gasteiger partial charge in [0.25, 0.3) is 11.5 Å². The third kappa shape index (κ3) is 3.63. The van der Waals surface area contributed by atoms with Crippen LogP contribution in [0.2, 0.25) is 0 Å². The number of rotatable bonds is 4. The summed E-state index contributed by atoms with van der Waals surface area (Å²) in [6.07, 6.45) is 0. The Morgan fingerprint density at radius 3 is 2.59 bits per heavy atom. The van der Waals surface area contributed by atoms with Crippen molar-refractivity contribution in [2.24, 2.45) is 0 Å². The van der Waals surface area contributed by atoms with Gasteiger partial charge in [0.15, 0.2) is 0 Å². The summed E-state index contributed by atoms with van der Waals surface area (Å²) < 4.78 is 1.43. The van der Waals surface area contributed by atoms with Crippen LogP contribution in [0.1, 0.15) is 21.6 Å². The fraction of sp³-hybridized carbons (Fsp3) is 0.100. The highest BCUT2D eigenvalue weighted by molar-refractivity contribution is 7.19. The zero-order valence-electron chi connectivity index (χ0n) is 14.5. The molecule has 1 amide bonds. The maximum Gasteiger partial charge on any atom is 0.274 e. The van der Waals surface area contributed by atoms with Crippen LogP contribution in [0, 0.1) is 6.92 Å². The second-order valence-corrected chi connectivity index (χ2v) is 7.07. The lowest BCUT2D eigenvalue weighted by Crippen LogP contribution is -2.27. The van der Waals surface area contributed by atoms with Crippen LogP contribution in [0.4, 0.5) is 0 Å². The molecule has 134 valence electrons. The number of carbonyl (C=O) groups is 1. The highest BCUT2D eigenvalue weighted by Crippen LogP contribution is 2.24. The first-order chi connectivity index (χ1) is 13.1. The lowest BCUT2D eigenvalue weighted by molar-refractivity contribution is 0.0943. The predicted octanol–water partition coefficient (Wildman–Crippen LogP) is 3.06. The molecule has 0 saturated heterocycles. The number of benzene rings is 2. The van der Waals surface area contributed by atoms with Gasteiger partial charge < -0.3 is 5.32 Å².